The minimum atomic E-state index is -1.82. The molecule has 1 saturated heterocycles. The summed E-state index contributed by atoms with van der Waals surface area (Å²) in [4.78, 5) is 18.2. The van der Waals surface area contributed by atoms with Crippen molar-refractivity contribution in [2.24, 2.45) is 11.8 Å². The highest BCUT2D eigenvalue weighted by Crippen LogP contribution is 2.30. The Morgan fingerprint density at radius 2 is 1.31 bits per heavy atom. The van der Waals surface area contributed by atoms with Crippen molar-refractivity contribution in [3.05, 3.63) is 0 Å². The molecule has 5 nitrogen and oxygen atoms in total. The van der Waals surface area contributed by atoms with Crippen molar-refractivity contribution in [2.45, 2.75) is 32.1 Å². The first-order valence-electron chi connectivity index (χ1n) is 5.78. The predicted molar refractivity (Wildman–Crippen MR) is 58.2 cm³/mol. The molecule has 1 saturated carbocycles. The molecule has 0 spiro atoms. The van der Waals surface area contributed by atoms with Crippen LogP contribution in [0.25, 0.3) is 0 Å². The fourth-order valence-corrected chi connectivity index (χ4v) is 2.45. The van der Waals surface area contributed by atoms with Crippen LogP contribution in [0.4, 0.5) is 0 Å². The van der Waals surface area contributed by atoms with Crippen LogP contribution in [0.2, 0.25) is 0 Å². The van der Waals surface area contributed by atoms with Gasteiger partial charge in [-0.2, -0.15) is 0 Å². The zero-order valence-corrected chi connectivity index (χ0v) is 9.32. The van der Waals surface area contributed by atoms with Crippen molar-refractivity contribution in [1.29, 1.82) is 0 Å². The lowest BCUT2D eigenvalue weighted by molar-refractivity contribution is -0.159. The van der Waals surface area contributed by atoms with Gasteiger partial charge in [0.2, 0.25) is 0 Å². The number of hydrogen-bond acceptors (Lipinski definition) is 3. The molecule has 2 atom stereocenters. The van der Waals surface area contributed by atoms with Crippen LogP contribution in [-0.2, 0) is 9.59 Å². The standard InChI is InChI=1S/C9H17N.C2H2O4/c1-2-4-8-6-10-7-9(8)5-3-1;3-1(4)2(5)6/h8-10H,1-7H2;(H,3,4)(H,5,6)/t8-,9?;/m0./s1. The lowest BCUT2D eigenvalue weighted by Gasteiger charge is -2.12. The summed E-state index contributed by atoms with van der Waals surface area (Å²) in [7, 11) is 0. The third kappa shape index (κ3) is 4.18. The molecule has 2 fully saturated rings. The first-order valence-corrected chi connectivity index (χ1v) is 5.78. The number of carboxylic acid groups (broad SMARTS) is 2. The Bertz CT molecular complexity index is 230. The van der Waals surface area contributed by atoms with Gasteiger partial charge in [-0.05, 0) is 37.8 Å². The van der Waals surface area contributed by atoms with Crippen LogP contribution in [-0.4, -0.2) is 35.2 Å². The Morgan fingerprint density at radius 1 is 0.875 bits per heavy atom. The van der Waals surface area contributed by atoms with Crippen LogP contribution < -0.4 is 5.32 Å². The molecule has 0 aromatic carbocycles. The van der Waals surface area contributed by atoms with Crippen molar-refractivity contribution in [1.82, 2.24) is 5.32 Å². The average Bonchev–Trinajstić information content (AvgIpc) is 2.56. The van der Waals surface area contributed by atoms with E-state index in [1.165, 1.54) is 45.2 Å². The summed E-state index contributed by atoms with van der Waals surface area (Å²) in [6.07, 6.45) is 7.47. The molecule has 2 rings (SSSR count). The van der Waals surface area contributed by atoms with Crippen LogP contribution in [0.5, 0.6) is 0 Å². The zero-order chi connectivity index (χ0) is 12.0. The van der Waals surface area contributed by atoms with Gasteiger partial charge in [-0.25, -0.2) is 9.59 Å². The van der Waals surface area contributed by atoms with Gasteiger partial charge in [0, 0.05) is 0 Å². The summed E-state index contributed by atoms with van der Waals surface area (Å²) in [6.45, 7) is 2.62. The fraction of sp³-hybridized carbons (Fsp3) is 0.818. The molecule has 0 aromatic rings. The number of carbonyl (C=O) groups is 2. The molecule has 1 aliphatic heterocycles. The first-order chi connectivity index (χ1) is 7.61. The average molecular weight is 229 g/mol. The van der Waals surface area contributed by atoms with Gasteiger partial charge in [0.25, 0.3) is 0 Å². The van der Waals surface area contributed by atoms with E-state index in [0.717, 1.165) is 11.8 Å². The molecular formula is C11H19NO4. The first kappa shape index (κ1) is 13.0. The lowest BCUT2D eigenvalue weighted by Crippen LogP contribution is -2.09. The van der Waals surface area contributed by atoms with E-state index in [-0.39, 0.29) is 0 Å². The highest BCUT2D eigenvalue weighted by Gasteiger charge is 2.27. The highest BCUT2D eigenvalue weighted by molar-refractivity contribution is 6.27. The molecule has 0 radical (unpaired) electrons. The van der Waals surface area contributed by atoms with Crippen molar-refractivity contribution < 1.29 is 19.8 Å². The topological polar surface area (TPSA) is 86.6 Å². The highest BCUT2D eigenvalue weighted by atomic mass is 16.4. The van der Waals surface area contributed by atoms with Gasteiger partial charge >= 0.3 is 11.9 Å². The van der Waals surface area contributed by atoms with E-state index in [9.17, 15) is 0 Å². The normalized spacial score (nSPS) is 28.2. The minimum Gasteiger partial charge on any atom is -0.473 e. The van der Waals surface area contributed by atoms with Gasteiger partial charge in [-0.3, -0.25) is 0 Å². The summed E-state index contributed by atoms with van der Waals surface area (Å²) < 4.78 is 0. The van der Waals surface area contributed by atoms with Gasteiger partial charge in [0.15, 0.2) is 0 Å². The molecule has 5 heteroatoms. The maximum absolute atomic E-state index is 9.10. The van der Waals surface area contributed by atoms with Crippen molar-refractivity contribution >= 4 is 11.9 Å². The second-order valence-corrected chi connectivity index (χ2v) is 4.43. The predicted octanol–water partition coefficient (Wildman–Crippen LogP) is 0.942. The summed E-state index contributed by atoms with van der Waals surface area (Å²) in [5.41, 5.74) is 0. The Morgan fingerprint density at radius 3 is 1.69 bits per heavy atom. The van der Waals surface area contributed by atoms with Crippen molar-refractivity contribution in [3.8, 4) is 0 Å². The Labute approximate surface area is 94.8 Å². The van der Waals surface area contributed by atoms with E-state index < -0.39 is 11.9 Å². The largest absolute Gasteiger partial charge is 0.473 e. The van der Waals surface area contributed by atoms with Gasteiger partial charge < -0.3 is 15.5 Å². The third-order valence-corrected chi connectivity index (χ3v) is 3.31. The molecule has 16 heavy (non-hydrogen) atoms. The number of aliphatic carboxylic acids is 2. The minimum absolute atomic E-state index is 1.04. The second-order valence-electron chi connectivity index (χ2n) is 4.43. The van der Waals surface area contributed by atoms with Gasteiger partial charge in [0.1, 0.15) is 0 Å². The number of fused-ring (bicyclic) bond motifs is 1. The van der Waals surface area contributed by atoms with Crippen LogP contribution in [0.1, 0.15) is 32.1 Å². The molecule has 1 unspecified atom stereocenters. The van der Waals surface area contributed by atoms with Crippen LogP contribution in [0, 0.1) is 11.8 Å². The molecule has 1 heterocycles. The molecule has 0 amide bonds. The monoisotopic (exact) mass is 229 g/mol. The van der Waals surface area contributed by atoms with Crippen LogP contribution in [0.15, 0.2) is 0 Å². The van der Waals surface area contributed by atoms with E-state index >= 15 is 0 Å². The molecule has 0 bridgehead atoms. The Balaban J connectivity index is 0.000000187. The smallest absolute Gasteiger partial charge is 0.414 e. The summed E-state index contributed by atoms with van der Waals surface area (Å²) in [6, 6.07) is 0. The zero-order valence-electron chi connectivity index (χ0n) is 9.32. The second kappa shape index (κ2) is 6.48. The Hall–Kier alpha value is -1.10. The number of rotatable bonds is 0. The van der Waals surface area contributed by atoms with E-state index in [4.69, 9.17) is 19.8 Å². The molecular weight excluding hydrogens is 210 g/mol. The molecule has 2 aliphatic rings. The molecule has 3 N–H and O–H groups in total. The van der Waals surface area contributed by atoms with Crippen LogP contribution in [0.3, 0.4) is 0 Å². The maximum atomic E-state index is 9.10. The SMILES string of the molecule is C1CCC2CNC[C@@H]2CC1.O=C(O)C(=O)O. The van der Waals surface area contributed by atoms with Gasteiger partial charge in [-0.1, -0.05) is 19.3 Å². The number of nitrogens with one attached hydrogen (secondary N) is 1. The summed E-state index contributed by atoms with van der Waals surface area (Å²) >= 11 is 0. The lowest BCUT2D eigenvalue weighted by atomic mass is 9.92. The van der Waals surface area contributed by atoms with Crippen molar-refractivity contribution in [2.75, 3.05) is 13.1 Å². The quantitative estimate of drug-likeness (QED) is 0.538. The summed E-state index contributed by atoms with van der Waals surface area (Å²) in [5.74, 6) is -1.56. The molecule has 0 aromatic heterocycles. The number of carboxylic acids is 2. The molecule has 92 valence electrons. The van der Waals surface area contributed by atoms with Crippen LogP contribution >= 0.6 is 0 Å². The number of hydrogen-bond donors (Lipinski definition) is 3. The summed E-state index contributed by atoms with van der Waals surface area (Å²) in [5, 5.41) is 18.3. The Kier molecular flexibility index (Phi) is 5.25. The third-order valence-electron chi connectivity index (χ3n) is 3.31. The fourth-order valence-electron chi connectivity index (χ4n) is 2.45. The van der Waals surface area contributed by atoms with Gasteiger partial charge in [0.05, 0.1) is 0 Å². The van der Waals surface area contributed by atoms with Crippen molar-refractivity contribution in [3.63, 3.8) is 0 Å². The molecule has 1 aliphatic carbocycles. The van der Waals surface area contributed by atoms with E-state index in [1.54, 1.807) is 0 Å². The van der Waals surface area contributed by atoms with E-state index in [0.29, 0.717) is 0 Å². The van der Waals surface area contributed by atoms with E-state index in [1.807, 2.05) is 0 Å². The van der Waals surface area contributed by atoms with E-state index in [2.05, 4.69) is 5.32 Å². The van der Waals surface area contributed by atoms with Gasteiger partial charge in [-0.15, -0.1) is 0 Å². The maximum Gasteiger partial charge on any atom is 0.414 e.